The Morgan fingerprint density at radius 3 is 2.08 bits per heavy atom. The van der Waals surface area contributed by atoms with Crippen LogP contribution in [0.1, 0.15) is 38.3 Å². The number of carbonyl (C=O) groups excluding carboxylic acids is 2. The normalized spacial score (nSPS) is 12.3. The zero-order valence-corrected chi connectivity index (χ0v) is 30.8. The Hall–Kier alpha value is -5.23. The van der Waals surface area contributed by atoms with Gasteiger partial charge in [-0.1, -0.05) is 49.4 Å². The second-order valence-corrected chi connectivity index (χ2v) is 13.7. The van der Waals surface area contributed by atoms with Crippen molar-refractivity contribution in [1.29, 1.82) is 0 Å². The van der Waals surface area contributed by atoms with Gasteiger partial charge in [0.25, 0.3) is 10.0 Å². The Kier molecular flexibility index (Phi) is 13.7. The molecule has 0 aliphatic rings. The van der Waals surface area contributed by atoms with Crippen molar-refractivity contribution in [3.63, 3.8) is 0 Å². The van der Waals surface area contributed by atoms with Crippen molar-refractivity contribution < 1.29 is 37.0 Å². The van der Waals surface area contributed by atoms with E-state index in [4.69, 9.17) is 18.9 Å². The molecule has 0 aliphatic carbocycles. The Balaban J connectivity index is 1.85. The molecule has 51 heavy (non-hydrogen) atoms. The summed E-state index contributed by atoms with van der Waals surface area (Å²) in [6.45, 7) is 5.53. The van der Waals surface area contributed by atoms with Gasteiger partial charge in [-0.05, 0) is 79.9 Å². The molecule has 0 aliphatic heterocycles. The largest absolute Gasteiger partial charge is 0.497 e. The van der Waals surface area contributed by atoms with Crippen LogP contribution in [-0.4, -0.2) is 71.7 Å². The quantitative estimate of drug-likeness (QED) is 0.136. The van der Waals surface area contributed by atoms with Crippen LogP contribution in [0.25, 0.3) is 0 Å². The fourth-order valence-corrected chi connectivity index (χ4v) is 6.90. The summed E-state index contributed by atoms with van der Waals surface area (Å²) in [6.07, 6.45) is 0.882. The lowest BCUT2D eigenvalue weighted by Gasteiger charge is -2.34. The molecule has 2 atom stereocenters. The highest BCUT2D eigenvalue weighted by Crippen LogP contribution is 2.33. The average molecular weight is 718 g/mol. The second kappa shape index (κ2) is 18.1. The number of rotatable bonds is 18. The summed E-state index contributed by atoms with van der Waals surface area (Å²) in [5, 5.41) is 3.05. The maximum absolute atomic E-state index is 14.8. The van der Waals surface area contributed by atoms with Crippen molar-refractivity contribution in [2.24, 2.45) is 0 Å². The van der Waals surface area contributed by atoms with Crippen molar-refractivity contribution in [2.75, 3.05) is 38.8 Å². The lowest BCUT2D eigenvalue weighted by atomic mass is 10.0. The number of hydrogen-bond acceptors (Lipinski definition) is 8. The summed E-state index contributed by atoms with van der Waals surface area (Å²) < 4.78 is 51.9. The highest BCUT2D eigenvalue weighted by Gasteiger charge is 2.35. The van der Waals surface area contributed by atoms with E-state index in [1.165, 1.54) is 37.3 Å². The van der Waals surface area contributed by atoms with Crippen LogP contribution in [0.3, 0.4) is 0 Å². The molecule has 4 aromatic rings. The number of carbonyl (C=O) groups is 2. The Morgan fingerprint density at radius 1 is 0.765 bits per heavy atom. The van der Waals surface area contributed by atoms with E-state index < -0.39 is 28.5 Å². The van der Waals surface area contributed by atoms with Gasteiger partial charge in [0.2, 0.25) is 11.8 Å². The molecule has 4 rings (SSSR count). The molecule has 1 N–H and O–H groups in total. The molecule has 0 heterocycles. The maximum atomic E-state index is 14.8. The van der Waals surface area contributed by atoms with Crippen LogP contribution in [0.15, 0.2) is 102 Å². The van der Waals surface area contributed by atoms with Gasteiger partial charge in [-0.3, -0.25) is 13.9 Å². The molecule has 11 nitrogen and oxygen atoms in total. The van der Waals surface area contributed by atoms with Gasteiger partial charge in [0.1, 0.15) is 24.1 Å². The molecule has 0 spiro atoms. The van der Waals surface area contributed by atoms with Gasteiger partial charge >= 0.3 is 0 Å². The van der Waals surface area contributed by atoms with Crippen molar-refractivity contribution in [3.8, 4) is 23.0 Å². The summed E-state index contributed by atoms with van der Waals surface area (Å²) in [7, 11) is 0.0293. The minimum atomic E-state index is -4.39. The number of nitrogens with zero attached hydrogens (tertiary/aromatic N) is 2. The lowest BCUT2D eigenvalue weighted by Crippen LogP contribution is -2.54. The van der Waals surface area contributed by atoms with Gasteiger partial charge in [0.15, 0.2) is 11.5 Å². The minimum absolute atomic E-state index is 0.00891. The van der Waals surface area contributed by atoms with Crippen LogP contribution in [0.2, 0.25) is 0 Å². The van der Waals surface area contributed by atoms with Crippen LogP contribution in [0, 0.1) is 0 Å². The highest BCUT2D eigenvalue weighted by atomic mass is 32.2. The number of anilines is 1. The Labute approximate surface area is 301 Å². The van der Waals surface area contributed by atoms with Gasteiger partial charge < -0.3 is 29.2 Å². The summed E-state index contributed by atoms with van der Waals surface area (Å²) in [4.78, 5) is 30.2. The number of hydrogen-bond donors (Lipinski definition) is 1. The van der Waals surface area contributed by atoms with Crippen molar-refractivity contribution >= 4 is 27.5 Å². The highest BCUT2D eigenvalue weighted by molar-refractivity contribution is 7.92. The van der Waals surface area contributed by atoms with Gasteiger partial charge in [-0.15, -0.1) is 0 Å². The molecule has 0 unspecified atom stereocenters. The summed E-state index contributed by atoms with van der Waals surface area (Å²) in [6, 6.07) is 26.2. The number of ether oxygens (including phenoxy) is 4. The fraction of sp³-hybridized carbons (Fsp3) is 0.333. The third-order valence-electron chi connectivity index (χ3n) is 8.42. The van der Waals surface area contributed by atoms with E-state index in [0.717, 1.165) is 9.87 Å². The predicted molar refractivity (Wildman–Crippen MR) is 197 cm³/mol. The third kappa shape index (κ3) is 9.94. The lowest BCUT2D eigenvalue weighted by molar-refractivity contribution is -0.140. The van der Waals surface area contributed by atoms with Crippen molar-refractivity contribution in [3.05, 3.63) is 108 Å². The van der Waals surface area contributed by atoms with Crippen LogP contribution >= 0.6 is 0 Å². The third-order valence-corrected chi connectivity index (χ3v) is 10.2. The Morgan fingerprint density at radius 2 is 1.45 bits per heavy atom. The first kappa shape index (κ1) is 38.6. The van der Waals surface area contributed by atoms with E-state index in [9.17, 15) is 18.0 Å². The molecule has 0 bridgehead atoms. The van der Waals surface area contributed by atoms with E-state index >= 15 is 0 Å². The van der Waals surface area contributed by atoms with E-state index in [1.807, 2.05) is 57.2 Å². The van der Waals surface area contributed by atoms with E-state index in [2.05, 4.69) is 5.32 Å². The van der Waals surface area contributed by atoms with E-state index in [1.54, 1.807) is 49.6 Å². The summed E-state index contributed by atoms with van der Waals surface area (Å²) in [5.41, 5.74) is 1.77. The topological polar surface area (TPSA) is 124 Å². The Bertz CT molecular complexity index is 1850. The van der Waals surface area contributed by atoms with Gasteiger partial charge in [-0.2, -0.15) is 0 Å². The van der Waals surface area contributed by atoms with Gasteiger partial charge in [0, 0.05) is 25.1 Å². The number of methoxy groups -OCH3 is 3. The molecule has 12 heteroatoms. The maximum Gasteiger partial charge on any atom is 0.264 e. The molecule has 2 amide bonds. The number of sulfonamides is 1. The standard InChI is InChI=1S/C39H47N3O8S/c1-7-28(3)40-39(44)35(24-29-13-10-9-11-14-29)41(26-30-15-12-16-33(23-30)47-4)38(43)27-42(31-17-19-32(20-18-31)50-8-2)51(45,46)34-21-22-36(48-5)37(25-34)49-6/h9-23,25,28,35H,7-8,24,26-27H2,1-6H3,(H,40,44)/t28-,35-/m1/s1. The van der Waals surface area contributed by atoms with Gasteiger partial charge in [0.05, 0.1) is 38.5 Å². The molecule has 272 valence electrons. The number of benzene rings is 4. The molecule has 0 radical (unpaired) electrons. The number of amides is 2. The monoisotopic (exact) mass is 717 g/mol. The van der Waals surface area contributed by atoms with Crippen LogP contribution in [0.4, 0.5) is 5.69 Å². The van der Waals surface area contributed by atoms with Crippen molar-refractivity contribution in [2.45, 2.75) is 57.1 Å². The minimum Gasteiger partial charge on any atom is -0.497 e. The van der Waals surface area contributed by atoms with Crippen LogP contribution < -0.4 is 28.6 Å². The van der Waals surface area contributed by atoms with E-state index in [0.29, 0.717) is 35.8 Å². The zero-order chi connectivity index (χ0) is 37.0. The smallest absolute Gasteiger partial charge is 0.264 e. The first-order valence-electron chi connectivity index (χ1n) is 16.8. The van der Waals surface area contributed by atoms with Gasteiger partial charge in [-0.25, -0.2) is 8.42 Å². The molecule has 0 saturated carbocycles. The van der Waals surface area contributed by atoms with Crippen LogP contribution in [-0.2, 0) is 32.6 Å². The number of nitrogens with one attached hydrogen (secondary N) is 1. The fourth-order valence-electron chi connectivity index (χ4n) is 5.47. The van der Waals surface area contributed by atoms with Crippen LogP contribution in [0.5, 0.6) is 23.0 Å². The first-order chi connectivity index (χ1) is 24.5. The first-order valence-corrected chi connectivity index (χ1v) is 18.2. The molecular formula is C39H47N3O8S. The molecule has 0 aromatic heterocycles. The predicted octanol–water partition coefficient (Wildman–Crippen LogP) is 5.86. The van der Waals surface area contributed by atoms with E-state index in [-0.39, 0.29) is 41.2 Å². The molecule has 0 saturated heterocycles. The summed E-state index contributed by atoms with van der Waals surface area (Å²) in [5.74, 6) is 0.744. The zero-order valence-electron chi connectivity index (χ0n) is 30.0. The summed E-state index contributed by atoms with van der Waals surface area (Å²) >= 11 is 0. The second-order valence-electron chi connectivity index (χ2n) is 11.9. The molecular weight excluding hydrogens is 671 g/mol. The molecule has 4 aromatic carbocycles. The molecule has 0 fully saturated rings. The average Bonchev–Trinajstić information content (AvgIpc) is 3.15. The van der Waals surface area contributed by atoms with Crippen molar-refractivity contribution in [1.82, 2.24) is 10.2 Å². The SMILES string of the molecule is CCOc1ccc(N(CC(=O)N(Cc2cccc(OC)c2)[C@H](Cc2ccccc2)C(=O)N[C@H](C)CC)S(=O)(=O)c2ccc(OC)c(OC)c2)cc1.